The lowest BCUT2D eigenvalue weighted by molar-refractivity contribution is 0.0488. The molecule has 1 aromatic carbocycles. The quantitative estimate of drug-likeness (QED) is 0.472. The van der Waals surface area contributed by atoms with E-state index in [1.54, 1.807) is 19.1 Å². The monoisotopic (exact) mass is 438 g/mol. The Hall–Kier alpha value is -2.29. The molecule has 0 radical (unpaired) electrons. The molecular formula is C17H15IN2O4. The summed E-state index contributed by atoms with van der Waals surface area (Å²) in [4.78, 5) is 26.9. The van der Waals surface area contributed by atoms with E-state index in [4.69, 9.17) is 9.15 Å². The van der Waals surface area contributed by atoms with Crippen LogP contribution in [0.3, 0.4) is 0 Å². The molecule has 7 heteroatoms. The number of amides is 1. The Bertz CT molecular complexity index is 897. The molecule has 124 valence electrons. The van der Waals surface area contributed by atoms with Gasteiger partial charge in [-0.05, 0) is 65.9 Å². The summed E-state index contributed by atoms with van der Waals surface area (Å²) in [6.45, 7) is 2.19. The van der Waals surface area contributed by atoms with Gasteiger partial charge in [-0.25, -0.2) is 4.79 Å². The lowest BCUT2D eigenvalue weighted by Gasteiger charge is -2.01. The molecule has 3 rings (SSSR count). The maximum absolute atomic E-state index is 12.2. The molecule has 0 unspecified atom stereocenters. The molecule has 0 aliphatic rings. The van der Waals surface area contributed by atoms with Gasteiger partial charge in [0.2, 0.25) is 5.76 Å². The van der Waals surface area contributed by atoms with Crippen LogP contribution in [0, 0.1) is 3.57 Å². The van der Waals surface area contributed by atoms with Gasteiger partial charge in [0.15, 0.2) is 0 Å². The van der Waals surface area contributed by atoms with E-state index in [9.17, 15) is 9.59 Å². The van der Waals surface area contributed by atoms with Crippen molar-refractivity contribution in [1.82, 2.24) is 10.3 Å². The number of esters is 1. The predicted octanol–water partition coefficient (Wildman–Crippen LogP) is 3.47. The number of benzene rings is 1. The molecule has 0 atom stereocenters. The average Bonchev–Trinajstić information content (AvgIpc) is 3.19. The number of rotatable bonds is 5. The van der Waals surface area contributed by atoms with Crippen LogP contribution in [0.2, 0.25) is 0 Å². The fourth-order valence-corrected chi connectivity index (χ4v) is 2.79. The number of fused-ring (bicyclic) bond motifs is 1. The largest absolute Gasteiger partial charge is 0.460 e. The summed E-state index contributed by atoms with van der Waals surface area (Å²) in [5.74, 6) is -0.145. The first-order valence-electron chi connectivity index (χ1n) is 7.39. The van der Waals surface area contributed by atoms with Gasteiger partial charge in [0, 0.05) is 14.5 Å². The van der Waals surface area contributed by atoms with E-state index in [1.165, 1.54) is 6.07 Å². The Morgan fingerprint density at radius 3 is 2.88 bits per heavy atom. The molecule has 0 aliphatic heterocycles. The third kappa shape index (κ3) is 3.61. The molecule has 2 heterocycles. The minimum Gasteiger partial charge on any atom is -0.460 e. The van der Waals surface area contributed by atoms with Crippen LogP contribution in [0.1, 0.15) is 33.7 Å². The van der Waals surface area contributed by atoms with E-state index in [1.807, 2.05) is 18.2 Å². The van der Waals surface area contributed by atoms with Crippen molar-refractivity contribution in [1.29, 1.82) is 0 Å². The number of carbonyl (C=O) groups excluding carboxylic acids is 2. The molecule has 0 saturated heterocycles. The van der Waals surface area contributed by atoms with Gasteiger partial charge < -0.3 is 19.5 Å². The van der Waals surface area contributed by atoms with Gasteiger partial charge in [-0.3, -0.25) is 4.79 Å². The molecule has 1 amide bonds. The Balaban J connectivity index is 1.65. The second-order valence-corrected chi connectivity index (χ2v) is 6.33. The standard InChI is InChI=1S/C17H15IN2O4/c1-2-23-17(22)15-6-4-12(24-15)9-19-16(21)14-8-10-7-11(18)3-5-13(10)20-14/h3-8,20H,2,9H2,1H3,(H,19,21). The van der Waals surface area contributed by atoms with Crippen molar-refractivity contribution in [2.24, 2.45) is 0 Å². The summed E-state index contributed by atoms with van der Waals surface area (Å²) in [5.41, 5.74) is 1.38. The predicted molar refractivity (Wildman–Crippen MR) is 96.9 cm³/mol. The molecule has 0 saturated carbocycles. The highest BCUT2D eigenvalue weighted by Crippen LogP contribution is 2.18. The lowest BCUT2D eigenvalue weighted by Crippen LogP contribution is -2.22. The van der Waals surface area contributed by atoms with Gasteiger partial charge in [-0.15, -0.1) is 0 Å². The zero-order valence-corrected chi connectivity index (χ0v) is 15.0. The first-order chi connectivity index (χ1) is 11.6. The van der Waals surface area contributed by atoms with E-state index < -0.39 is 5.97 Å². The van der Waals surface area contributed by atoms with Crippen molar-refractivity contribution in [3.63, 3.8) is 0 Å². The van der Waals surface area contributed by atoms with Crippen molar-refractivity contribution >= 4 is 45.4 Å². The van der Waals surface area contributed by atoms with Gasteiger partial charge in [0.1, 0.15) is 11.5 Å². The number of hydrogen-bond acceptors (Lipinski definition) is 4. The first-order valence-corrected chi connectivity index (χ1v) is 8.47. The summed E-state index contributed by atoms with van der Waals surface area (Å²) in [6.07, 6.45) is 0. The second kappa shape index (κ2) is 7.08. The molecule has 0 fully saturated rings. The van der Waals surface area contributed by atoms with Crippen LogP contribution >= 0.6 is 22.6 Å². The highest BCUT2D eigenvalue weighted by molar-refractivity contribution is 14.1. The zero-order valence-electron chi connectivity index (χ0n) is 12.9. The average molecular weight is 438 g/mol. The van der Waals surface area contributed by atoms with E-state index in [2.05, 4.69) is 32.9 Å². The Labute approximate surface area is 151 Å². The van der Waals surface area contributed by atoms with Crippen LogP contribution in [-0.4, -0.2) is 23.5 Å². The minimum atomic E-state index is -0.514. The molecule has 6 nitrogen and oxygen atoms in total. The number of aromatic amines is 1. The summed E-state index contributed by atoms with van der Waals surface area (Å²) in [6, 6.07) is 10.9. The molecular weight excluding hydrogens is 423 g/mol. The molecule has 0 aliphatic carbocycles. The van der Waals surface area contributed by atoms with Gasteiger partial charge in [0.05, 0.1) is 13.2 Å². The molecule has 2 aromatic heterocycles. The maximum atomic E-state index is 12.2. The van der Waals surface area contributed by atoms with Crippen LogP contribution in [0.15, 0.2) is 40.8 Å². The highest BCUT2D eigenvalue weighted by atomic mass is 127. The summed E-state index contributed by atoms with van der Waals surface area (Å²) in [7, 11) is 0. The molecule has 0 bridgehead atoms. The van der Waals surface area contributed by atoms with E-state index in [0.717, 1.165) is 14.5 Å². The SMILES string of the molecule is CCOC(=O)c1ccc(CNC(=O)c2cc3cc(I)ccc3[nH]2)o1. The van der Waals surface area contributed by atoms with Crippen LogP contribution in [0.25, 0.3) is 10.9 Å². The summed E-state index contributed by atoms with van der Waals surface area (Å²) in [5, 5.41) is 3.74. The number of halogens is 1. The number of ether oxygens (including phenoxy) is 1. The number of aromatic nitrogens is 1. The minimum absolute atomic E-state index is 0.126. The van der Waals surface area contributed by atoms with Crippen LogP contribution < -0.4 is 5.32 Å². The molecule has 0 spiro atoms. The summed E-state index contributed by atoms with van der Waals surface area (Å²) >= 11 is 2.23. The molecule has 3 aromatic rings. The second-order valence-electron chi connectivity index (χ2n) is 5.08. The number of H-pyrrole nitrogens is 1. The maximum Gasteiger partial charge on any atom is 0.374 e. The fourth-order valence-electron chi connectivity index (χ4n) is 2.27. The topological polar surface area (TPSA) is 84.3 Å². The summed E-state index contributed by atoms with van der Waals surface area (Å²) < 4.78 is 11.3. The van der Waals surface area contributed by atoms with Crippen LogP contribution in [-0.2, 0) is 11.3 Å². The molecule has 2 N–H and O–H groups in total. The normalized spacial score (nSPS) is 10.8. The van der Waals surface area contributed by atoms with Gasteiger partial charge in [0.25, 0.3) is 5.91 Å². The number of furan rings is 1. The van der Waals surface area contributed by atoms with Gasteiger partial charge in [-0.1, -0.05) is 0 Å². The third-order valence-electron chi connectivity index (χ3n) is 3.39. The number of hydrogen-bond donors (Lipinski definition) is 2. The third-order valence-corrected chi connectivity index (χ3v) is 4.06. The Kier molecular flexibility index (Phi) is 4.89. The number of carbonyl (C=O) groups is 2. The van der Waals surface area contributed by atoms with Crippen LogP contribution in [0.4, 0.5) is 0 Å². The van der Waals surface area contributed by atoms with Gasteiger partial charge in [-0.2, -0.15) is 0 Å². The zero-order chi connectivity index (χ0) is 17.1. The Morgan fingerprint density at radius 2 is 2.08 bits per heavy atom. The number of nitrogens with one attached hydrogen (secondary N) is 2. The first kappa shape index (κ1) is 16.6. The molecule has 24 heavy (non-hydrogen) atoms. The van der Waals surface area contributed by atoms with Gasteiger partial charge >= 0.3 is 5.97 Å². The van der Waals surface area contributed by atoms with E-state index >= 15 is 0 Å². The van der Waals surface area contributed by atoms with E-state index in [-0.39, 0.29) is 24.8 Å². The lowest BCUT2D eigenvalue weighted by atomic mass is 10.2. The van der Waals surface area contributed by atoms with Crippen LogP contribution in [0.5, 0.6) is 0 Å². The van der Waals surface area contributed by atoms with Crippen molar-refractivity contribution in [3.8, 4) is 0 Å². The fraction of sp³-hybridized carbons (Fsp3) is 0.176. The smallest absolute Gasteiger partial charge is 0.374 e. The van der Waals surface area contributed by atoms with Crippen molar-refractivity contribution in [2.45, 2.75) is 13.5 Å². The Morgan fingerprint density at radius 1 is 1.25 bits per heavy atom. The van der Waals surface area contributed by atoms with Crippen molar-refractivity contribution in [3.05, 3.63) is 57.2 Å². The highest BCUT2D eigenvalue weighted by Gasteiger charge is 2.14. The van der Waals surface area contributed by atoms with Crippen molar-refractivity contribution < 1.29 is 18.7 Å². The van der Waals surface area contributed by atoms with E-state index in [0.29, 0.717) is 11.5 Å². The van der Waals surface area contributed by atoms with Crippen molar-refractivity contribution in [2.75, 3.05) is 6.61 Å².